The van der Waals surface area contributed by atoms with Crippen LogP contribution < -0.4 is 14.2 Å². The summed E-state index contributed by atoms with van der Waals surface area (Å²) in [6.07, 6.45) is 1.85. The number of para-hydroxylation sites is 2. The number of carbonyl (C=O) groups excluding carboxylic acids is 1. The van der Waals surface area contributed by atoms with Crippen LogP contribution in [-0.4, -0.2) is 32.5 Å². The van der Waals surface area contributed by atoms with Crippen LogP contribution >= 0.6 is 0 Å². The van der Waals surface area contributed by atoms with Crippen LogP contribution in [0.15, 0.2) is 77.7 Å². The molecule has 3 aromatic carbocycles. The molecule has 0 saturated heterocycles. The molecule has 0 heterocycles. The van der Waals surface area contributed by atoms with Gasteiger partial charge in [0.15, 0.2) is 0 Å². The predicted molar refractivity (Wildman–Crippen MR) is 121 cm³/mol. The molecule has 1 fully saturated rings. The fraction of sp³-hybridized carbons (Fsp3) is 0.208. The van der Waals surface area contributed by atoms with Crippen molar-refractivity contribution in [1.82, 2.24) is 4.90 Å². The lowest BCUT2D eigenvalue weighted by Gasteiger charge is -2.23. The maximum absolute atomic E-state index is 13.1. The van der Waals surface area contributed by atoms with Crippen molar-refractivity contribution in [3.05, 3.63) is 84.2 Å². The second kappa shape index (κ2) is 9.50. The van der Waals surface area contributed by atoms with Crippen molar-refractivity contribution in [2.45, 2.75) is 30.3 Å². The van der Waals surface area contributed by atoms with Crippen LogP contribution in [0.4, 0.5) is 14.9 Å². The van der Waals surface area contributed by atoms with E-state index >= 15 is 0 Å². The Balaban J connectivity index is 1.43. The number of nitrogens with one attached hydrogen (secondary N) is 1. The van der Waals surface area contributed by atoms with Crippen LogP contribution in [0.1, 0.15) is 18.4 Å². The number of anilines is 1. The maximum atomic E-state index is 13.1. The number of methoxy groups -OCH3 is 1. The Kier molecular flexibility index (Phi) is 6.50. The fourth-order valence-corrected chi connectivity index (χ4v) is 4.24. The van der Waals surface area contributed by atoms with E-state index in [0.717, 1.165) is 42.7 Å². The van der Waals surface area contributed by atoms with Gasteiger partial charge in [0.05, 0.1) is 12.8 Å². The molecule has 2 amide bonds. The summed E-state index contributed by atoms with van der Waals surface area (Å²) in [5.74, 6) is 0.165. The normalized spacial score (nSPS) is 13.3. The molecule has 0 aliphatic heterocycles. The Labute approximate surface area is 191 Å². The van der Waals surface area contributed by atoms with Crippen LogP contribution in [-0.2, 0) is 16.7 Å². The molecule has 0 aromatic heterocycles. The minimum atomic E-state index is -4.08. The van der Waals surface area contributed by atoms with E-state index in [-0.39, 0.29) is 22.7 Å². The van der Waals surface area contributed by atoms with E-state index in [1.54, 1.807) is 36.3 Å². The number of amides is 2. The van der Waals surface area contributed by atoms with Crippen molar-refractivity contribution in [1.29, 1.82) is 0 Å². The molecule has 0 atom stereocenters. The third-order valence-electron chi connectivity index (χ3n) is 5.18. The quantitative estimate of drug-likeness (QED) is 0.478. The molecule has 1 aliphatic rings. The molecule has 0 radical (unpaired) electrons. The Morgan fingerprint density at radius 1 is 1.03 bits per heavy atom. The van der Waals surface area contributed by atoms with E-state index in [1.165, 1.54) is 12.1 Å². The highest BCUT2D eigenvalue weighted by atomic mass is 32.2. The van der Waals surface area contributed by atoms with Crippen molar-refractivity contribution in [2.75, 3.05) is 12.4 Å². The summed E-state index contributed by atoms with van der Waals surface area (Å²) in [6, 6.07) is 18.0. The van der Waals surface area contributed by atoms with Crippen molar-refractivity contribution in [3.8, 4) is 11.5 Å². The molecule has 0 bridgehead atoms. The average molecular weight is 471 g/mol. The highest BCUT2D eigenvalue weighted by Gasteiger charge is 2.33. The third-order valence-corrected chi connectivity index (χ3v) is 6.44. The molecule has 9 heteroatoms. The highest BCUT2D eigenvalue weighted by molar-refractivity contribution is 7.87. The average Bonchev–Trinajstić information content (AvgIpc) is 3.64. The van der Waals surface area contributed by atoms with E-state index in [4.69, 9.17) is 8.92 Å². The smallest absolute Gasteiger partial charge is 0.339 e. The van der Waals surface area contributed by atoms with Crippen molar-refractivity contribution < 1.29 is 26.5 Å². The van der Waals surface area contributed by atoms with Gasteiger partial charge in [-0.1, -0.05) is 24.3 Å². The highest BCUT2D eigenvalue weighted by Crippen LogP contribution is 2.31. The number of rotatable bonds is 8. The maximum Gasteiger partial charge on any atom is 0.339 e. The Hall–Kier alpha value is -3.59. The first-order chi connectivity index (χ1) is 15.9. The number of urea groups is 1. The van der Waals surface area contributed by atoms with Gasteiger partial charge in [-0.25, -0.2) is 9.18 Å². The molecule has 0 unspecified atom stereocenters. The van der Waals surface area contributed by atoms with Gasteiger partial charge in [0.1, 0.15) is 22.2 Å². The van der Waals surface area contributed by atoms with Gasteiger partial charge in [-0.3, -0.25) is 0 Å². The lowest BCUT2D eigenvalue weighted by molar-refractivity contribution is 0.206. The zero-order valence-corrected chi connectivity index (χ0v) is 18.7. The van der Waals surface area contributed by atoms with Crippen LogP contribution in [0.2, 0.25) is 0 Å². The summed E-state index contributed by atoms with van der Waals surface area (Å²) in [5.41, 5.74) is 1.41. The van der Waals surface area contributed by atoms with Crippen LogP contribution in [0.5, 0.6) is 11.5 Å². The minimum absolute atomic E-state index is 0.125. The first-order valence-electron chi connectivity index (χ1n) is 10.4. The minimum Gasteiger partial charge on any atom is -0.495 e. The standard InChI is InChI=1S/C24H23FN2O5S/c1-31-23-5-3-2-4-22(23)26-24(28)27(19-10-11-19)16-17-6-12-20(13-7-17)32-33(29,30)21-14-8-18(25)9-15-21/h2-9,12-15,19H,10-11,16H2,1H3,(H,26,28). The van der Waals surface area contributed by atoms with Gasteiger partial charge in [-0.05, 0) is 66.9 Å². The fourth-order valence-electron chi connectivity index (χ4n) is 3.31. The summed E-state index contributed by atoms with van der Waals surface area (Å²) >= 11 is 0. The summed E-state index contributed by atoms with van der Waals surface area (Å²) in [4.78, 5) is 14.5. The summed E-state index contributed by atoms with van der Waals surface area (Å²) in [6.45, 7) is 0.358. The van der Waals surface area contributed by atoms with E-state index in [9.17, 15) is 17.6 Å². The van der Waals surface area contributed by atoms with Crippen molar-refractivity contribution in [2.24, 2.45) is 0 Å². The summed E-state index contributed by atoms with van der Waals surface area (Å²) in [5, 5.41) is 2.90. The number of halogens is 1. The van der Waals surface area contributed by atoms with Gasteiger partial charge >= 0.3 is 16.1 Å². The van der Waals surface area contributed by atoms with Crippen molar-refractivity contribution >= 4 is 21.8 Å². The van der Waals surface area contributed by atoms with Gasteiger partial charge in [0, 0.05) is 12.6 Å². The molecular weight excluding hydrogens is 447 g/mol. The van der Waals surface area contributed by atoms with Gasteiger partial charge in [-0.2, -0.15) is 8.42 Å². The van der Waals surface area contributed by atoms with E-state index in [0.29, 0.717) is 18.0 Å². The Morgan fingerprint density at radius 3 is 2.33 bits per heavy atom. The zero-order chi connectivity index (χ0) is 23.4. The van der Waals surface area contributed by atoms with Crippen LogP contribution in [0, 0.1) is 5.82 Å². The SMILES string of the molecule is COc1ccccc1NC(=O)N(Cc1ccc(OS(=O)(=O)c2ccc(F)cc2)cc1)C1CC1. The van der Waals surface area contributed by atoms with Crippen molar-refractivity contribution in [3.63, 3.8) is 0 Å². The number of hydrogen-bond acceptors (Lipinski definition) is 5. The van der Waals surface area contributed by atoms with E-state index in [1.807, 2.05) is 12.1 Å². The molecule has 7 nitrogen and oxygen atoms in total. The number of ether oxygens (including phenoxy) is 1. The van der Waals surface area contributed by atoms with Crippen LogP contribution in [0.3, 0.4) is 0 Å². The molecular formula is C24H23FN2O5S. The third kappa shape index (κ3) is 5.61. The van der Waals surface area contributed by atoms with E-state index in [2.05, 4.69) is 5.32 Å². The topological polar surface area (TPSA) is 84.9 Å². The second-order valence-corrected chi connectivity index (χ2v) is 9.17. The molecule has 172 valence electrons. The molecule has 3 aromatic rings. The van der Waals surface area contributed by atoms with Gasteiger partial charge in [0.25, 0.3) is 0 Å². The Bertz CT molecular complexity index is 1230. The molecule has 1 N–H and O–H groups in total. The summed E-state index contributed by atoms with van der Waals surface area (Å²) in [7, 11) is -2.53. The van der Waals surface area contributed by atoms with Gasteiger partial charge in [0.2, 0.25) is 0 Å². The monoisotopic (exact) mass is 470 g/mol. The number of nitrogens with zero attached hydrogens (tertiary/aromatic N) is 1. The molecule has 4 rings (SSSR count). The lowest BCUT2D eigenvalue weighted by Crippen LogP contribution is -2.36. The zero-order valence-electron chi connectivity index (χ0n) is 17.9. The van der Waals surface area contributed by atoms with Crippen LogP contribution in [0.25, 0.3) is 0 Å². The second-order valence-electron chi connectivity index (χ2n) is 7.62. The first kappa shape index (κ1) is 22.6. The summed E-state index contributed by atoms with van der Waals surface area (Å²) < 4.78 is 48.2. The molecule has 0 spiro atoms. The predicted octanol–water partition coefficient (Wildman–Crippen LogP) is 4.80. The largest absolute Gasteiger partial charge is 0.495 e. The molecule has 1 saturated carbocycles. The van der Waals surface area contributed by atoms with Gasteiger partial charge < -0.3 is 19.1 Å². The number of carbonyl (C=O) groups is 1. The molecule has 1 aliphatic carbocycles. The first-order valence-corrected chi connectivity index (χ1v) is 11.8. The Morgan fingerprint density at radius 2 is 1.70 bits per heavy atom. The van der Waals surface area contributed by atoms with E-state index < -0.39 is 15.9 Å². The number of benzene rings is 3. The number of hydrogen-bond donors (Lipinski definition) is 1. The van der Waals surface area contributed by atoms with Gasteiger partial charge in [-0.15, -0.1) is 0 Å². The lowest BCUT2D eigenvalue weighted by atomic mass is 10.2. The molecule has 33 heavy (non-hydrogen) atoms.